The van der Waals surface area contributed by atoms with E-state index in [0.29, 0.717) is 30.1 Å². The van der Waals surface area contributed by atoms with Crippen molar-refractivity contribution in [2.24, 2.45) is 4.99 Å². The molecular formula is C29H28FN5O3. The predicted molar refractivity (Wildman–Crippen MR) is 145 cm³/mol. The molecule has 1 N–H and O–H groups in total. The van der Waals surface area contributed by atoms with Gasteiger partial charge in [0.25, 0.3) is 0 Å². The van der Waals surface area contributed by atoms with Crippen LogP contribution in [0, 0.1) is 5.82 Å². The van der Waals surface area contributed by atoms with E-state index in [9.17, 15) is 4.39 Å². The minimum atomic E-state index is -0.298. The number of benzene rings is 3. The van der Waals surface area contributed by atoms with E-state index in [1.807, 2.05) is 48.5 Å². The molecule has 0 spiro atoms. The minimum absolute atomic E-state index is 0.213. The van der Waals surface area contributed by atoms with Crippen molar-refractivity contribution in [3.05, 3.63) is 90.2 Å². The number of ether oxygens (including phenoxy) is 3. The van der Waals surface area contributed by atoms with Gasteiger partial charge in [-0.25, -0.2) is 14.4 Å². The summed E-state index contributed by atoms with van der Waals surface area (Å²) in [5.74, 6) is 0.161. The van der Waals surface area contributed by atoms with E-state index in [0.717, 1.165) is 33.8 Å². The number of methoxy groups -OCH3 is 3. The van der Waals surface area contributed by atoms with Gasteiger partial charge in [0.15, 0.2) is 0 Å². The van der Waals surface area contributed by atoms with Gasteiger partial charge in [-0.3, -0.25) is 4.99 Å². The molecule has 9 heteroatoms. The fourth-order valence-electron chi connectivity index (χ4n) is 4.32. The van der Waals surface area contributed by atoms with Gasteiger partial charge in [0.2, 0.25) is 5.88 Å². The number of anilines is 2. The second-order valence-corrected chi connectivity index (χ2v) is 8.61. The van der Waals surface area contributed by atoms with Crippen molar-refractivity contribution in [1.29, 1.82) is 0 Å². The van der Waals surface area contributed by atoms with Gasteiger partial charge in [-0.1, -0.05) is 12.1 Å². The van der Waals surface area contributed by atoms with Crippen LogP contribution in [0.1, 0.15) is 0 Å². The van der Waals surface area contributed by atoms with E-state index in [1.165, 1.54) is 12.1 Å². The molecule has 1 aliphatic heterocycles. The van der Waals surface area contributed by atoms with E-state index < -0.39 is 0 Å². The Hall–Kier alpha value is -4.34. The summed E-state index contributed by atoms with van der Waals surface area (Å²) in [6.07, 6.45) is 1.46. The second kappa shape index (κ2) is 11.4. The summed E-state index contributed by atoms with van der Waals surface area (Å²) in [6, 6.07) is 21.9. The first-order valence-corrected chi connectivity index (χ1v) is 12.1. The smallest absolute Gasteiger partial charge is 0.237 e. The van der Waals surface area contributed by atoms with Crippen LogP contribution in [0.5, 0.6) is 5.88 Å². The topological polar surface area (TPSA) is 82.8 Å². The molecule has 2 heterocycles. The number of pyridine rings is 1. The van der Waals surface area contributed by atoms with Crippen LogP contribution in [-0.2, 0) is 9.47 Å². The van der Waals surface area contributed by atoms with Gasteiger partial charge < -0.3 is 24.1 Å². The number of hydrogen-bond acceptors (Lipinski definition) is 7. The third kappa shape index (κ3) is 5.20. The molecule has 1 atom stereocenters. The fraction of sp³-hybridized carbons (Fsp3) is 0.207. The lowest BCUT2D eigenvalue weighted by molar-refractivity contribution is 0.0340. The molecular weight excluding hydrogens is 485 g/mol. The largest absolute Gasteiger partial charge is 0.480 e. The number of nitrogens with zero attached hydrogens (tertiary/aromatic N) is 4. The van der Waals surface area contributed by atoms with Gasteiger partial charge >= 0.3 is 0 Å². The van der Waals surface area contributed by atoms with Crippen molar-refractivity contribution in [3.63, 3.8) is 0 Å². The maximum Gasteiger partial charge on any atom is 0.237 e. The Labute approximate surface area is 219 Å². The molecule has 1 unspecified atom stereocenters. The highest BCUT2D eigenvalue weighted by Crippen LogP contribution is 2.31. The zero-order chi connectivity index (χ0) is 26.5. The summed E-state index contributed by atoms with van der Waals surface area (Å²) >= 11 is 0. The Balaban J connectivity index is 1.76. The van der Waals surface area contributed by atoms with Crippen molar-refractivity contribution in [2.45, 2.75) is 6.10 Å². The molecule has 0 amide bonds. The van der Waals surface area contributed by atoms with Crippen molar-refractivity contribution in [3.8, 4) is 23.0 Å². The Morgan fingerprint density at radius 2 is 1.79 bits per heavy atom. The molecule has 194 valence electrons. The summed E-state index contributed by atoms with van der Waals surface area (Å²) in [5, 5.41) is 4.11. The fourth-order valence-corrected chi connectivity index (χ4v) is 4.32. The molecule has 1 aliphatic carbocycles. The van der Waals surface area contributed by atoms with Crippen LogP contribution >= 0.6 is 0 Å². The molecule has 0 fully saturated rings. The summed E-state index contributed by atoms with van der Waals surface area (Å²) in [5.41, 5.74) is 5.48. The zero-order valence-corrected chi connectivity index (χ0v) is 21.4. The minimum Gasteiger partial charge on any atom is -0.480 e. The molecule has 38 heavy (non-hydrogen) atoms. The molecule has 5 rings (SSSR count). The zero-order valence-electron chi connectivity index (χ0n) is 21.4. The van der Waals surface area contributed by atoms with Gasteiger partial charge in [0.1, 0.15) is 11.5 Å². The first-order chi connectivity index (χ1) is 18.6. The first kappa shape index (κ1) is 25.3. The van der Waals surface area contributed by atoms with Gasteiger partial charge in [0, 0.05) is 26.1 Å². The van der Waals surface area contributed by atoms with Crippen molar-refractivity contribution >= 4 is 22.4 Å². The predicted octanol–water partition coefficient (Wildman–Crippen LogP) is 4.98. The second-order valence-electron chi connectivity index (χ2n) is 8.61. The highest BCUT2D eigenvalue weighted by atomic mass is 19.1. The van der Waals surface area contributed by atoms with Crippen molar-refractivity contribution in [2.75, 3.05) is 39.8 Å². The van der Waals surface area contributed by atoms with Crippen LogP contribution in [0.25, 0.3) is 28.1 Å². The van der Waals surface area contributed by atoms with E-state index in [4.69, 9.17) is 24.2 Å². The van der Waals surface area contributed by atoms with Crippen LogP contribution < -0.4 is 15.4 Å². The lowest BCUT2D eigenvalue weighted by atomic mass is 10.1. The lowest BCUT2D eigenvalue weighted by Crippen LogP contribution is -2.23. The Morgan fingerprint density at radius 3 is 2.55 bits per heavy atom. The molecule has 8 nitrogen and oxygen atoms in total. The summed E-state index contributed by atoms with van der Waals surface area (Å²) in [4.78, 5) is 14.1. The lowest BCUT2D eigenvalue weighted by Gasteiger charge is -2.20. The Kier molecular flexibility index (Phi) is 7.57. The third-order valence-corrected chi connectivity index (χ3v) is 6.17. The van der Waals surface area contributed by atoms with Gasteiger partial charge in [-0.05, 0) is 60.7 Å². The van der Waals surface area contributed by atoms with Crippen LogP contribution in [0.15, 0.2) is 84.0 Å². The number of halogens is 1. The molecule has 2 aromatic carbocycles. The standard InChI is InChI=1S/C29H28FN5O3/c1-36-18-21(37-2)17-32-24-16-28-26(15-25(24)34-23-8-6-14-31-29(23)38-3)33-22-7-4-5-9-27(22)35(28)20-12-10-19(30)11-13-20/h4-16,21,34H,17-18H2,1-3H3/b32-24+. The van der Waals surface area contributed by atoms with Gasteiger partial charge in [-0.2, -0.15) is 0 Å². The number of rotatable bonds is 9. The molecule has 1 aromatic heterocycles. The summed E-state index contributed by atoms with van der Waals surface area (Å²) < 4.78 is 32.1. The third-order valence-electron chi connectivity index (χ3n) is 6.17. The quantitative estimate of drug-likeness (QED) is 0.280. The molecule has 3 aromatic rings. The SMILES string of the molecule is COCC(C/N=c1\cc2n(-c3ccc(F)cc3)c3ccccc3nc-2cc1Nc1cccnc1OC)OC. The number of para-hydroxylation sites is 2. The number of aromatic nitrogens is 3. The number of fused-ring (bicyclic) bond motifs is 2. The van der Waals surface area contributed by atoms with Gasteiger partial charge in [-0.15, -0.1) is 0 Å². The van der Waals surface area contributed by atoms with E-state index in [-0.39, 0.29) is 11.9 Å². The highest BCUT2D eigenvalue weighted by Gasteiger charge is 2.18. The van der Waals surface area contributed by atoms with Crippen LogP contribution in [0.4, 0.5) is 15.8 Å². The maximum atomic E-state index is 13.8. The molecule has 0 bridgehead atoms. The highest BCUT2D eigenvalue weighted by molar-refractivity contribution is 5.84. The van der Waals surface area contributed by atoms with Crippen LogP contribution in [-0.4, -0.2) is 55.1 Å². The monoisotopic (exact) mass is 513 g/mol. The average molecular weight is 514 g/mol. The van der Waals surface area contributed by atoms with E-state index in [2.05, 4.69) is 14.9 Å². The van der Waals surface area contributed by atoms with Crippen LogP contribution in [0.2, 0.25) is 0 Å². The molecule has 0 saturated heterocycles. The normalized spacial score (nSPS) is 12.7. The number of hydrogen-bond donors (Lipinski definition) is 1. The average Bonchev–Trinajstić information content (AvgIpc) is 2.95. The van der Waals surface area contributed by atoms with Crippen molar-refractivity contribution < 1.29 is 18.6 Å². The van der Waals surface area contributed by atoms with Gasteiger partial charge in [0.05, 0.1) is 59.8 Å². The molecule has 2 aliphatic rings. The summed E-state index contributed by atoms with van der Waals surface area (Å²) in [6.45, 7) is 0.792. The molecule has 0 radical (unpaired) electrons. The number of nitrogens with one attached hydrogen (secondary N) is 1. The molecule has 0 saturated carbocycles. The van der Waals surface area contributed by atoms with Crippen LogP contribution in [0.3, 0.4) is 0 Å². The van der Waals surface area contributed by atoms with E-state index in [1.54, 1.807) is 39.7 Å². The summed E-state index contributed by atoms with van der Waals surface area (Å²) in [7, 11) is 4.84. The van der Waals surface area contributed by atoms with Crippen molar-refractivity contribution in [1.82, 2.24) is 14.5 Å². The Morgan fingerprint density at radius 1 is 0.974 bits per heavy atom. The Bertz CT molecular complexity index is 1590. The maximum absolute atomic E-state index is 13.8. The first-order valence-electron chi connectivity index (χ1n) is 12.1. The van der Waals surface area contributed by atoms with E-state index >= 15 is 0 Å².